The third-order valence-corrected chi connectivity index (χ3v) is 4.72. The molecule has 6 nitrogen and oxygen atoms in total. The van der Waals surface area contributed by atoms with E-state index in [0.717, 1.165) is 17.6 Å². The average molecular weight is 362 g/mol. The van der Waals surface area contributed by atoms with Crippen LogP contribution in [0.4, 0.5) is 0 Å². The van der Waals surface area contributed by atoms with Crippen molar-refractivity contribution in [3.05, 3.63) is 47.1 Å². The summed E-state index contributed by atoms with van der Waals surface area (Å²) in [5.74, 6) is -1.58. The minimum Gasteiger partial charge on any atom is -0.458 e. The van der Waals surface area contributed by atoms with Gasteiger partial charge < -0.3 is 19.7 Å². The van der Waals surface area contributed by atoms with Gasteiger partial charge in [-0.1, -0.05) is 18.2 Å². The Morgan fingerprint density at radius 2 is 2.19 bits per heavy atom. The van der Waals surface area contributed by atoms with Crippen LogP contribution in [0.2, 0.25) is 0 Å². The second-order valence-electron chi connectivity index (χ2n) is 6.71. The van der Waals surface area contributed by atoms with Crippen molar-refractivity contribution in [3.8, 4) is 0 Å². The van der Waals surface area contributed by atoms with E-state index in [4.69, 9.17) is 14.6 Å². The lowest BCUT2D eigenvalue weighted by Crippen LogP contribution is -2.33. The molecule has 142 valence electrons. The highest BCUT2D eigenvalue weighted by Gasteiger charge is 2.44. The minimum atomic E-state index is -0.626. The molecule has 0 spiro atoms. The summed E-state index contributed by atoms with van der Waals surface area (Å²) in [7, 11) is 0. The summed E-state index contributed by atoms with van der Waals surface area (Å²) < 4.78 is 11.1. The van der Waals surface area contributed by atoms with Crippen molar-refractivity contribution in [2.24, 2.45) is 5.92 Å². The fraction of sp³-hybridized carbons (Fsp3) is 0.500. The number of aliphatic hydroxyl groups excluding tert-OH is 2. The number of fused-ring (bicyclic) bond motifs is 1. The van der Waals surface area contributed by atoms with E-state index >= 15 is 0 Å². The van der Waals surface area contributed by atoms with Crippen LogP contribution in [-0.4, -0.2) is 47.6 Å². The van der Waals surface area contributed by atoms with Gasteiger partial charge in [0.1, 0.15) is 12.2 Å². The fourth-order valence-electron chi connectivity index (χ4n) is 3.23. The predicted molar refractivity (Wildman–Crippen MR) is 96.0 cm³/mol. The Hall–Kier alpha value is -2.18. The van der Waals surface area contributed by atoms with Crippen LogP contribution in [0.1, 0.15) is 33.1 Å². The Bertz CT molecular complexity index is 670. The van der Waals surface area contributed by atoms with Crippen molar-refractivity contribution in [2.75, 3.05) is 13.2 Å². The lowest BCUT2D eigenvalue weighted by Gasteiger charge is -2.27. The number of ether oxygens (including phenoxy) is 2. The molecule has 0 aromatic rings. The van der Waals surface area contributed by atoms with E-state index in [2.05, 4.69) is 6.58 Å². The molecule has 0 bridgehead atoms. The molecule has 2 rings (SSSR count). The SMILES string of the molecule is C=C1C(=O)OC2C=C(CO)CCC=C(C)CC(OC(=O)C(C)=CCO)C12. The standard InChI is InChI=1S/C20H26O6/c1-12-5-4-6-15(11-22)10-17-18(14(3)20(24)26-17)16(9-12)25-19(23)13(2)7-8-21/h5,7,10,16-18,21-22H,3-4,6,8-9,11H2,1-2H3. The maximum Gasteiger partial charge on any atom is 0.334 e. The summed E-state index contributed by atoms with van der Waals surface area (Å²) in [5.41, 5.74) is 2.36. The molecule has 0 aromatic heterocycles. The van der Waals surface area contributed by atoms with Crippen molar-refractivity contribution >= 4 is 11.9 Å². The predicted octanol–water partition coefficient (Wildman–Crippen LogP) is 1.98. The number of allylic oxidation sites excluding steroid dienone is 1. The maximum atomic E-state index is 12.3. The Balaban J connectivity index is 2.38. The van der Waals surface area contributed by atoms with Crippen LogP contribution in [0.15, 0.2) is 47.1 Å². The van der Waals surface area contributed by atoms with E-state index < -0.39 is 30.1 Å². The zero-order valence-corrected chi connectivity index (χ0v) is 15.2. The summed E-state index contributed by atoms with van der Waals surface area (Å²) in [5, 5.41) is 18.5. The van der Waals surface area contributed by atoms with Crippen LogP contribution in [-0.2, 0) is 19.1 Å². The number of aliphatic hydroxyl groups is 2. The van der Waals surface area contributed by atoms with Crippen molar-refractivity contribution in [1.29, 1.82) is 0 Å². The van der Waals surface area contributed by atoms with Gasteiger partial charge in [0.15, 0.2) is 0 Å². The van der Waals surface area contributed by atoms with Crippen LogP contribution < -0.4 is 0 Å². The first-order valence-corrected chi connectivity index (χ1v) is 8.71. The first-order chi connectivity index (χ1) is 12.4. The Kier molecular flexibility index (Phi) is 6.94. The topological polar surface area (TPSA) is 93.1 Å². The quantitative estimate of drug-likeness (QED) is 0.451. The van der Waals surface area contributed by atoms with E-state index in [0.29, 0.717) is 18.4 Å². The zero-order valence-electron chi connectivity index (χ0n) is 15.2. The Labute approximate surface area is 153 Å². The number of esters is 2. The number of hydrogen-bond donors (Lipinski definition) is 2. The van der Waals surface area contributed by atoms with E-state index in [9.17, 15) is 14.7 Å². The molecular formula is C20H26O6. The van der Waals surface area contributed by atoms with Crippen LogP contribution in [0.3, 0.4) is 0 Å². The molecule has 2 aliphatic rings. The molecule has 1 aliphatic heterocycles. The molecule has 6 heteroatoms. The largest absolute Gasteiger partial charge is 0.458 e. The van der Waals surface area contributed by atoms with Gasteiger partial charge in [-0.3, -0.25) is 0 Å². The third kappa shape index (κ3) is 4.71. The molecule has 1 heterocycles. The van der Waals surface area contributed by atoms with Gasteiger partial charge in [-0.05, 0) is 44.4 Å². The highest BCUT2D eigenvalue weighted by molar-refractivity contribution is 5.92. The first kappa shape index (κ1) is 20.1. The summed E-state index contributed by atoms with van der Waals surface area (Å²) in [6.45, 7) is 6.95. The Morgan fingerprint density at radius 1 is 1.46 bits per heavy atom. The van der Waals surface area contributed by atoms with Gasteiger partial charge in [0.05, 0.1) is 19.1 Å². The maximum absolute atomic E-state index is 12.3. The second kappa shape index (κ2) is 8.96. The molecule has 0 aromatic carbocycles. The van der Waals surface area contributed by atoms with E-state index in [1.165, 1.54) is 6.08 Å². The molecule has 0 amide bonds. The van der Waals surface area contributed by atoms with Gasteiger partial charge in [0.25, 0.3) is 0 Å². The average Bonchev–Trinajstić information content (AvgIpc) is 2.87. The van der Waals surface area contributed by atoms with Crippen LogP contribution >= 0.6 is 0 Å². The summed E-state index contributed by atoms with van der Waals surface area (Å²) in [4.78, 5) is 24.4. The van der Waals surface area contributed by atoms with Crippen LogP contribution in [0.5, 0.6) is 0 Å². The van der Waals surface area contributed by atoms with Crippen LogP contribution in [0, 0.1) is 5.92 Å². The smallest absolute Gasteiger partial charge is 0.334 e. The number of rotatable bonds is 4. The lowest BCUT2D eigenvalue weighted by molar-refractivity contribution is -0.147. The summed E-state index contributed by atoms with van der Waals surface area (Å²) >= 11 is 0. The summed E-state index contributed by atoms with van der Waals surface area (Å²) in [6, 6.07) is 0. The molecular weight excluding hydrogens is 336 g/mol. The number of hydrogen-bond acceptors (Lipinski definition) is 6. The van der Waals surface area contributed by atoms with Crippen molar-refractivity contribution in [1.82, 2.24) is 0 Å². The molecule has 3 atom stereocenters. The molecule has 1 aliphatic carbocycles. The monoisotopic (exact) mass is 362 g/mol. The van der Waals surface area contributed by atoms with E-state index in [1.54, 1.807) is 13.0 Å². The fourth-order valence-corrected chi connectivity index (χ4v) is 3.23. The highest BCUT2D eigenvalue weighted by atomic mass is 16.6. The van der Waals surface area contributed by atoms with Crippen molar-refractivity contribution in [2.45, 2.75) is 45.3 Å². The van der Waals surface area contributed by atoms with Gasteiger partial charge in [0.2, 0.25) is 0 Å². The van der Waals surface area contributed by atoms with Gasteiger partial charge in [0, 0.05) is 17.6 Å². The van der Waals surface area contributed by atoms with E-state index in [-0.39, 0.29) is 18.8 Å². The molecule has 0 radical (unpaired) electrons. The minimum absolute atomic E-state index is 0.122. The van der Waals surface area contributed by atoms with Crippen LogP contribution in [0.25, 0.3) is 0 Å². The second-order valence-corrected chi connectivity index (χ2v) is 6.71. The molecule has 26 heavy (non-hydrogen) atoms. The zero-order chi connectivity index (χ0) is 19.3. The van der Waals surface area contributed by atoms with Gasteiger partial charge in [-0.15, -0.1) is 0 Å². The third-order valence-electron chi connectivity index (χ3n) is 4.72. The highest BCUT2D eigenvalue weighted by Crippen LogP contribution is 2.36. The van der Waals surface area contributed by atoms with E-state index in [1.807, 2.05) is 13.0 Å². The van der Waals surface area contributed by atoms with Crippen molar-refractivity contribution in [3.63, 3.8) is 0 Å². The molecule has 1 saturated heterocycles. The normalized spacial score (nSPS) is 27.2. The lowest BCUT2D eigenvalue weighted by atomic mass is 9.85. The van der Waals surface area contributed by atoms with Gasteiger partial charge in [-0.25, -0.2) is 9.59 Å². The first-order valence-electron chi connectivity index (χ1n) is 8.71. The van der Waals surface area contributed by atoms with Gasteiger partial charge >= 0.3 is 11.9 Å². The molecule has 1 fully saturated rings. The number of carbonyl (C=O) groups excluding carboxylic acids is 2. The molecule has 3 unspecified atom stereocenters. The Morgan fingerprint density at radius 3 is 2.85 bits per heavy atom. The molecule has 2 N–H and O–H groups in total. The van der Waals surface area contributed by atoms with Crippen molar-refractivity contribution < 1.29 is 29.3 Å². The number of carbonyl (C=O) groups is 2. The van der Waals surface area contributed by atoms with Gasteiger partial charge in [-0.2, -0.15) is 0 Å². The molecule has 0 saturated carbocycles. The summed E-state index contributed by atoms with van der Waals surface area (Å²) in [6.07, 6.45) is 5.78.